The molecule has 0 saturated heterocycles. The van der Waals surface area contributed by atoms with E-state index in [0.717, 1.165) is 5.56 Å². The Morgan fingerprint density at radius 2 is 1.72 bits per heavy atom. The number of anilines is 1. The standard InChI is InChI=1S/C22H23N3O4/c1-12-10-13(2)17(11-16(12)20(27)28)23-18(26)14-8-6-7-9-15(14)19-24-21(25-29-19)22(3,4)5/h6-11H,1-5H3,(H,23,26)(H,27,28). The van der Waals surface area contributed by atoms with Crippen molar-refractivity contribution in [3.8, 4) is 11.5 Å². The third-order valence-corrected chi connectivity index (χ3v) is 4.55. The first-order valence-corrected chi connectivity index (χ1v) is 9.17. The molecule has 7 heteroatoms. The van der Waals surface area contributed by atoms with Gasteiger partial charge in [0.15, 0.2) is 5.82 Å². The van der Waals surface area contributed by atoms with Crippen molar-refractivity contribution in [3.05, 3.63) is 64.5 Å². The van der Waals surface area contributed by atoms with Crippen molar-refractivity contribution in [1.82, 2.24) is 10.1 Å². The Bertz CT molecular complexity index is 1090. The van der Waals surface area contributed by atoms with Crippen LogP contribution in [0.25, 0.3) is 11.5 Å². The van der Waals surface area contributed by atoms with Gasteiger partial charge in [-0.25, -0.2) is 4.79 Å². The molecule has 0 saturated carbocycles. The Labute approximate surface area is 168 Å². The second kappa shape index (κ2) is 7.50. The first-order chi connectivity index (χ1) is 13.6. The lowest BCUT2D eigenvalue weighted by molar-refractivity contribution is 0.0695. The SMILES string of the molecule is Cc1cc(C)c(C(=O)O)cc1NC(=O)c1ccccc1-c1nc(C(C)(C)C)no1. The van der Waals surface area contributed by atoms with Crippen molar-refractivity contribution in [1.29, 1.82) is 0 Å². The maximum atomic E-state index is 13.0. The van der Waals surface area contributed by atoms with E-state index in [0.29, 0.717) is 28.2 Å². The van der Waals surface area contributed by atoms with Gasteiger partial charge in [-0.2, -0.15) is 4.98 Å². The summed E-state index contributed by atoms with van der Waals surface area (Å²) >= 11 is 0. The van der Waals surface area contributed by atoms with E-state index < -0.39 is 5.97 Å². The average molecular weight is 393 g/mol. The van der Waals surface area contributed by atoms with Gasteiger partial charge in [-0.15, -0.1) is 0 Å². The Morgan fingerprint density at radius 1 is 1.03 bits per heavy atom. The van der Waals surface area contributed by atoms with Crippen LogP contribution in [0.2, 0.25) is 0 Å². The molecule has 0 radical (unpaired) electrons. The zero-order valence-electron chi connectivity index (χ0n) is 17.0. The molecule has 0 atom stereocenters. The highest BCUT2D eigenvalue weighted by Crippen LogP contribution is 2.27. The molecule has 0 spiro atoms. The number of nitrogens with one attached hydrogen (secondary N) is 1. The van der Waals surface area contributed by atoms with Gasteiger partial charge in [0.05, 0.1) is 16.7 Å². The number of benzene rings is 2. The van der Waals surface area contributed by atoms with Gasteiger partial charge >= 0.3 is 5.97 Å². The molecule has 0 aliphatic heterocycles. The molecule has 7 nitrogen and oxygen atoms in total. The number of rotatable bonds is 4. The molecule has 150 valence electrons. The molecule has 0 fully saturated rings. The highest BCUT2D eigenvalue weighted by atomic mass is 16.5. The molecule has 1 heterocycles. The number of amides is 1. The number of nitrogens with zero attached hydrogens (tertiary/aromatic N) is 2. The number of carbonyl (C=O) groups excluding carboxylic acids is 1. The van der Waals surface area contributed by atoms with Gasteiger partial charge in [0.2, 0.25) is 0 Å². The second-order valence-electron chi connectivity index (χ2n) is 7.96. The van der Waals surface area contributed by atoms with Crippen LogP contribution in [0, 0.1) is 13.8 Å². The van der Waals surface area contributed by atoms with Crippen molar-refractivity contribution >= 4 is 17.6 Å². The van der Waals surface area contributed by atoms with E-state index in [1.165, 1.54) is 6.07 Å². The molecule has 2 aromatic carbocycles. The van der Waals surface area contributed by atoms with Crippen molar-refractivity contribution in [2.24, 2.45) is 0 Å². The van der Waals surface area contributed by atoms with Crippen molar-refractivity contribution in [3.63, 3.8) is 0 Å². The van der Waals surface area contributed by atoms with Crippen molar-refractivity contribution in [2.75, 3.05) is 5.32 Å². The molecule has 0 aliphatic rings. The molecule has 0 bridgehead atoms. The molecule has 2 N–H and O–H groups in total. The van der Waals surface area contributed by atoms with E-state index in [4.69, 9.17) is 4.52 Å². The maximum Gasteiger partial charge on any atom is 0.336 e. The van der Waals surface area contributed by atoms with Crippen LogP contribution >= 0.6 is 0 Å². The number of aryl methyl sites for hydroxylation is 2. The Hall–Kier alpha value is -3.48. The van der Waals surface area contributed by atoms with Crippen LogP contribution < -0.4 is 5.32 Å². The van der Waals surface area contributed by atoms with E-state index >= 15 is 0 Å². The zero-order chi connectivity index (χ0) is 21.3. The molecule has 0 aliphatic carbocycles. The molecular formula is C22H23N3O4. The summed E-state index contributed by atoms with van der Waals surface area (Å²) in [5, 5.41) is 16.2. The minimum atomic E-state index is -1.04. The Balaban J connectivity index is 1.97. The van der Waals surface area contributed by atoms with E-state index in [-0.39, 0.29) is 22.8 Å². The molecule has 3 aromatic rings. The van der Waals surface area contributed by atoms with E-state index in [1.54, 1.807) is 37.3 Å². The topological polar surface area (TPSA) is 105 Å². The Kier molecular flexibility index (Phi) is 5.24. The number of carboxylic acids is 1. The summed E-state index contributed by atoms with van der Waals surface area (Å²) in [4.78, 5) is 28.8. The third kappa shape index (κ3) is 4.18. The summed E-state index contributed by atoms with van der Waals surface area (Å²) in [5.41, 5.74) is 2.56. The summed E-state index contributed by atoms with van der Waals surface area (Å²) in [7, 11) is 0. The summed E-state index contributed by atoms with van der Waals surface area (Å²) < 4.78 is 5.39. The second-order valence-corrected chi connectivity index (χ2v) is 7.96. The smallest absolute Gasteiger partial charge is 0.336 e. The number of carboxylic acid groups (broad SMARTS) is 1. The molecule has 1 amide bonds. The largest absolute Gasteiger partial charge is 0.478 e. The van der Waals surface area contributed by atoms with Gasteiger partial charge < -0.3 is 14.9 Å². The van der Waals surface area contributed by atoms with Crippen LogP contribution in [0.1, 0.15) is 58.4 Å². The van der Waals surface area contributed by atoms with Gasteiger partial charge in [-0.05, 0) is 43.2 Å². The minimum Gasteiger partial charge on any atom is -0.478 e. The van der Waals surface area contributed by atoms with Gasteiger partial charge in [-0.3, -0.25) is 4.79 Å². The molecule has 1 aromatic heterocycles. The summed E-state index contributed by atoms with van der Waals surface area (Å²) in [6.45, 7) is 9.45. The fraction of sp³-hybridized carbons (Fsp3) is 0.273. The van der Waals surface area contributed by atoms with Crippen LogP contribution in [0.5, 0.6) is 0 Å². The van der Waals surface area contributed by atoms with E-state index in [1.807, 2.05) is 27.7 Å². The van der Waals surface area contributed by atoms with Crippen molar-refractivity contribution < 1.29 is 19.2 Å². The summed E-state index contributed by atoms with van der Waals surface area (Å²) in [6.07, 6.45) is 0. The van der Waals surface area contributed by atoms with Crippen molar-refractivity contribution in [2.45, 2.75) is 40.0 Å². The fourth-order valence-corrected chi connectivity index (χ4v) is 2.91. The predicted molar refractivity (Wildman–Crippen MR) is 109 cm³/mol. The first-order valence-electron chi connectivity index (χ1n) is 9.17. The lowest BCUT2D eigenvalue weighted by atomic mass is 9.96. The highest BCUT2D eigenvalue weighted by molar-refractivity contribution is 6.09. The molecule has 29 heavy (non-hydrogen) atoms. The number of carbonyl (C=O) groups is 2. The van der Waals surface area contributed by atoms with Crippen LogP contribution in [-0.4, -0.2) is 27.1 Å². The van der Waals surface area contributed by atoms with E-state index in [9.17, 15) is 14.7 Å². The first kappa shape index (κ1) is 20.3. The number of aromatic carboxylic acids is 1. The normalized spacial score (nSPS) is 11.3. The van der Waals surface area contributed by atoms with Crippen LogP contribution in [0.15, 0.2) is 40.9 Å². The van der Waals surface area contributed by atoms with Crippen LogP contribution in [0.3, 0.4) is 0 Å². The Morgan fingerprint density at radius 3 is 2.34 bits per heavy atom. The average Bonchev–Trinajstić information content (AvgIpc) is 3.14. The predicted octanol–water partition coefficient (Wildman–Crippen LogP) is 4.60. The molecular weight excluding hydrogens is 370 g/mol. The number of hydrogen-bond acceptors (Lipinski definition) is 5. The lowest BCUT2D eigenvalue weighted by Gasteiger charge is -2.13. The summed E-state index contributed by atoms with van der Waals surface area (Å²) in [6, 6.07) is 10.1. The van der Waals surface area contributed by atoms with Gasteiger partial charge in [0.25, 0.3) is 11.8 Å². The zero-order valence-corrected chi connectivity index (χ0v) is 17.0. The lowest BCUT2D eigenvalue weighted by Crippen LogP contribution is -2.15. The fourth-order valence-electron chi connectivity index (χ4n) is 2.91. The maximum absolute atomic E-state index is 13.0. The minimum absolute atomic E-state index is 0.144. The monoisotopic (exact) mass is 393 g/mol. The van der Waals surface area contributed by atoms with Crippen LogP contribution in [-0.2, 0) is 5.41 Å². The number of hydrogen-bond donors (Lipinski definition) is 2. The summed E-state index contributed by atoms with van der Waals surface area (Å²) in [5.74, 6) is -0.630. The third-order valence-electron chi connectivity index (χ3n) is 4.55. The van der Waals surface area contributed by atoms with Crippen LogP contribution in [0.4, 0.5) is 5.69 Å². The molecule has 3 rings (SSSR count). The van der Waals surface area contributed by atoms with Gasteiger partial charge in [-0.1, -0.05) is 44.1 Å². The number of aromatic nitrogens is 2. The van der Waals surface area contributed by atoms with Gasteiger partial charge in [0, 0.05) is 11.1 Å². The molecule has 0 unspecified atom stereocenters. The quantitative estimate of drug-likeness (QED) is 0.671. The highest BCUT2D eigenvalue weighted by Gasteiger charge is 2.24. The van der Waals surface area contributed by atoms with E-state index in [2.05, 4.69) is 15.5 Å². The van der Waals surface area contributed by atoms with Gasteiger partial charge in [0.1, 0.15) is 0 Å².